The van der Waals surface area contributed by atoms with Crippen LogP contribution in [0.5, 0.6) is 5.75 Å². The summed E-state index contributed by atoms with van der Waals surface area (Å²) in [6, 6.07) is 1.28. The van der Waals surface area contributed by atoms with E-state index in [1.54, 1.807) is 27.7 Å². The lowest BCUT2D eigenvalue weighted by Gasteiger charge is -2.33. The highest BCUT2D eigenvalue weighted by Crippen LogP contribution is 2.33. The van der Waals surface area contributed by atoms with E-state index in [0.717, 1.165) is 6.42 Å². The summed E-state index contributed by atoms with van der Waals surface area (Å²) < 4.78 is 37.3. The first-order valence-electron chi connectivity index (χ1n) is 7.72. The topological polar surface area (TPSA) is 54.2 Å². The molecule has 0 aliphatic heterocycles. The summed E-state index contributed by atoms with van der Waals surface area (Å²) in [5.41, 5.74) is -1.54. The van der Waals surface area contributed by atoms with Gasteiger partial charge in [-0.05, 0) is 37.7 Å². The van der Waals surface area contributed by atoms with Crippen LogP contribution in [-0.4, -0.2) is 34.9 Å². The highest BCUT2D eigenvalue weighted by molar-refractivity contribution is 6.48. The van der Waals surface area contributed by atoms with Crippen LogP contribution in [0.15, 0.2) is 12.3 Å². The molecular weight excluding hydrogens is 303 g/mol. The van der Waals surface area contributed by atoms with E-state index in [2.05, 4.69) is 11.9 Å². The lowest BCUT2D eigenvalue weighted by Crippen LogP contribution is -2.49. The van der Waals surface area contributed by atoms with Crippen molar-refractivity contribution in [3.05, 3.63) is 18.0 Å². The first-order valence-corrected chi connectivity index (χ1v) is 7.72. The van der Waals surface area contributed by atoms with Gasteiger partial charge in [0.05, 0.1) is 6.20 Å². The second-order valence-electron chi connectivity index (χ2n) is 7.19. The van der Waals surface area contributed by atoms with Gasteiger partial charge in [-0.2, -0.15) is 0 Å². The Kier molecular flexibility index (Phi) is 5.02. The minimum Gasteiger partial charge on any atom is -0.489 e. The van der Waals surface area contributed by atoms with E-state index < -0.39 is 17.6 Å². The summed E-state index contributed by atoms with van der Waals surface area (Å²) in [5.74, 6) is 0.893. The molecular formula is C16H24BF2NO3+. The van der Waals surface area contributed by atoms with Crippen LogP contribution in [-0.2, 0) is 4.65 Å². The van der Waals surface area contributed by atoms with E-state index in [-0.39, 0.29) is 11.8 Å². The zero-order valence-electron chi connectivity index (χ0n) is 14.2. The van der Waals surface area contributed by atoms with Crippen LogP contribution in [0.4, 0.5) is 8.78 Å². The van der Waals surface area contributed by atoms with Crippen LogP contribution >= 0.6 is 0 Å². The van der Waals surface area contributed by atoms with Crippen LogP contribution in [0, 0.1) is 5.92 Å². The van der Waals surface area contributed by atoms with Gasteiger partial charge in [0.25, 0.3) is 6.43 Å². The summed E-state index contributed by atoms with van der Waals surface area (Å²) >= 11 is 0. The number of alkyl halides is 2. The Bertz CT molecular complexity index is 561. The zero-order valence-corrected chi connectivity index (χ0v) is 14.2. The van der Waals surface area contributed by atoms with E-state index in [1.807, 2.05) is 0 Å². The molecule has 1 heterocycles. The Balaban J connectivity index is 2.18. The summed E-state index contributed by atoms with van der Waals surface area (Å²) in [6.07, 6.45) is -0.290. The third-order valence-electron chi connectivity index (χ3n) is 4.44. The fourth-order valence-corrected chi connectivity index (χ4v) is 1.76. The highest BCUT2D eigenvalue weighted by atomic mass is 19.3. The number of halogens is 2. The van der Waals surface area contributed by atoms with Crippen molar-refractivity contribution in [3.63, 3.8) is 0 Å². The Labute approximate surface area is 136 Å². The third kappa shape index (κ3) is 4.41. The second-order valence-corrected chi connectivity index (χ2v) is 7.19. The molecule has 127 valence electrons. The van der Waals surface area contributed by atoms with Gasteiger partial charge in [-0.3, -0.25) is 4.98 Å². The molecule has 0 saturated heterocycles. The van der Waals surface area contributed by atoms with Crippen molar-refractivity contribution >= 4 is 12.9 Å². The summed E-state index contributed by atoms with van der Waals surface area (Å²) in [5, 5.41) is 8.11. The Morgan fingerprint density at radius 3 is 2.43 bits per heavy atom. The summed E-state index contributed by atoms with van der Waals surface area (Å²) in [6.45, 7) is 9.12. The molecule has 1 saturated carbocycles. The van der Waals surface area contributed by atoms with Gasteiger partial charge in [-0.25, -0.2) is 8.78 Å². The van der Waals surface area contributed by atoms with Gasteiger partial charge in [0.15, 0.2) is 5.60 Å². The van der Waals surface area contributed by atoms with Crippen molar-refractivity contribution in [1.82, 2.24) is 4.98 Å². The van der Waals surface area contributed by atoms with Gasteiger partial charge < -0.3 is 14.5 Å². The molecule has 1 radical (unpaired) electrons. The molecule has 1 aromatic heterocycles. The van der Waals surface area contributed by atoms with Crippen LogP contribution in [0.3, 0.4) is 0 Å². The smallest absolute Gasteiger partial charge is 0.335 e. The number of ether oxygens (including phenoxy) is 1. The van der Waals surface area contributed by atoms with E-state index in [9.17, 15) is 8.78 Å². The van der Waals surface area contributed by atoms with Gasteiger partial charge >= 0.3 is 7.48 Å². The van der Waals surface area contributed by atoms with E-state index in [4.69, 9.17) is 14.5 Å². The van der Waals surface area contributed by atoms with Crippen molar-refractivity contribution in [1.29, 1.82) is 0 Å². The van der Waals surface area contributed by atoms with Crippen molar-refractivity contribution in [2.75, 3.05) is 0 Å². The predicted octanol–water partition coefficient (Wildman–Crippen LogP) is 2.35. The second kappa shape index (κ2) is 6.36. The van der Waals surface area contributed by atoms with Gasteiger partial charge in [0.1, 0.15) is 23.1 Å². The molecule has 1 aromatic rings. The molecule has 2 N–H and O–H groups in total. The fourth-order valence-electron chi connectivity index (χ4n) is 1.76. The van der Waals surface area contributed by atoms with Crippen LogP contribution in [0.2, 0.25) is 0 Å². The van der Waals surface area contributed by atoms with Gasteiger partial charge in [0.2, 0.25) is 0 Å². The number of nitrogens with zero attached hydrogens (tertiary/aromatic N) is 1. The Hall–Kier alpha value is -1.21. The Morgan fingerprint density at radius 1 is 1.35 bits per heavy atom. The summed E-state index contributed by atoms with van der Waals surface area (Å²) in [4.78, 5) is 3.75. The minimum atomic E-state index is -2.66. The maximum Gasteiger partial charge on any atom is 0.335 e. The SMILES string of the molecule is CC1C[C@@H]1Oc1cnc(C(F)F)cc1[B]OC(C)(C)C(C)(C)[OH2+]. The van der Waals surface area contributed by atoms with Gasteiger partial charge in [-0.15, -0.1) is 0 Å². The molecule has 1 fully saturated rings. The number of hydrogen-bond donors (Lipinski definition) is 0. The average Bonchev–Trinajstić information content (AvgIpc) is 3.11. The molecule has 1 unspecified atom stereocenters. The summed E-state index contributed by atoms with van der Waals surface area (Å²) in [7, 11) is 1.40. The van der Waals surface area contributed by atoms with Crippen molar-refractivity contribution < 1.29 is 23.3 Å². The molecule has 4 nitrogen and oxygen atoms in total. The molecule has 2 atom stereocenters. The minimum absolute atomic E-state index is 0.0991. The molecule has 1 aliphatic rings. The molecule has 0 spiro atoms. The van der Waals surface area contributed by atoms with Crippen LogP contribution in [0.1, 0.15) is 53.2 Å². The predicted molar refractivity (Wildman–Crippen MR) is 85.6 cm³/mol. The largest absolute Gasteiger partial charge is 0.489 e. The van der Waals surface area contributed by atoms with Crippen molar-refractivity contribution in [2.45, 2.75) is 64.8 Å². The maximum absolute atomic E-state index is 12.9. The Morgan fingerprint density at radius 2 is 1.96 bits per heavy atom. The number of aromatic nitrogens is 1. The average molecular weight is 327 g/mol. The number of pyridine rings is 1. The van der Waals surface area contributed by atoms with Crippen molar-refractivity contribution in [2.24, 2.45) is 5.92 Å². The fraction of sp³-hybridized carbons (Fsp3) is 0.688. The molecule has 23 heavy (non-hydrogen) atoms. The molecule has 1 aliphatic carbocycles. The molecule has 7 heteroatoms. The maximum atomic E-state index is 12.9. The lowest BCUT2D eigenvalue weighted by atomic mass is 9.82. The van der Waals surface area contributed by atoms with Gasteiger partial charge in [-0.1, -0.05) is 6.92 Å². The first-order chi connectivity index (χ1) is 10.5. The van der Waals surface area contributed by atoms with Crippen LogP contribution < -0.4 is 10.2 Å². The standard InChI is InChI=1S/C16H23BF2NO3/c1-9-6-12(9)22-13-8-20-11(14(18)19)7-10(13)17-23-16(4,5)15(2,3)21/h7-9,12,14,21H,6H2,1-5H3/p+1/t9?,12-/m0/s1. The van der Waals surface area contributed by atoms with E-state index in [1.165, 1.54) is 19.7 Å². The first kappa shape index (κ1) is 18.1. The zero-order chi connectivity index (χ0) is 17.4. The molecule has 0 aromatic carbocycles. The number of hydrogen-bond acceptors (Lipinski definition) is 3. The van der Waals surface area contributed by atoms with Crippen molar-refractivity contribution in [3.8, 4) is 5.75 Å². The third-order valence-corrected chi connectivity index (χ3v) is 4.44. The monoisotopic (exact) mass is 327 g/mol. The lowest BCUT2D eigenvalue weighted by molar-refractivity contribution is -0.0893. The quantitative estimate of drug-likeness (QED) is 0.571. The van der Waals surface area contributed by atoms with E-state index in [0.29, 0.717) is 17.1 Å². The van der Waals surface area contributed by atoms with E-state index >= 15 is 0 Å². The highest BCUT2D eigenvalue weighted by Gasteiger charge is 2.41. The normalized spacial score (nSPS) is 21.4. The number of rotatable bonds is 7. The molecule has 0 amide bonds. The molecule has 0 bridgehead atoms. The molecule has 2 rings (SSSR count). The van der Waals surface area contributed by atoms with Crippen LogP contribution in [0.25, 0.3) is 0 Å². The van der Waals surface area contributed by atoms with Gasteiger partial charge in [0, 0.05) is 13.8 Å².